The minimum Gasteiger partial charge on any atom is -0.480 e. The Morgan fingerprint density at radius 1 is 1.00 bits per heavy atom. The Bertz CT molecular complexity index is 2470. The van der Waals surface area contributed by atoms with Gasteiger partial charge in [-0.1, -0.05) is 45.4 Å². The molecular formula is C44H60N11O10S2+. The Hall–Kier alpha value is -6.62. The number of aryl methyl sites for hydroxylation is 1. The van der Waals surface area contributed by atoms with Gasteiger partial charge in [-0.15, -0.1) is 0 Å². The predicted molar refractivity (Wildman–Crippen MR) is 258 cm³/mol. The van der Waals surface area contributed by atoms with Gasteiger partial charge in [-0.2, -0.15) is 0 Å². The second-order valence-electron chi connectivity index (χ2n) is 16.7. The van der Waals surface area contributed by atoms with Crippen molar-refractivity contribution in [3.8, 4) is 0 Å². The first-order chi connectivity index (χ1) is 31.9. The molecule has 5 rings (SSSR count). The van der Waals surface area contributed by atoms with Gasteiger partial charge < -0.3 is 67.6 Å². The fraction of sp³-hybridized carbons (Fsp3) is 0.455. The van der Waals surface area contributed by atoms with E-state index in [9.17, 15) is 39.0 Å². The average Bonchev–Trinajstić information content (AvgIpc) is 3.64. The predicted octanol–water partition coefficient (Wildman–Crippen LogP) is 2.31. The zero-order valence-electron chi connectivity index (χ0n) is 37.9. The van der Waals surface area contributed by atoms with Crippen molar-refractivity contribution >= 4 is 90.8 Å². The molecule has 0 radical (unpaired) electrons. The molecule has 3 heterocycles. The number of imidazole rings is 1. The summed E-state index contributed by atoms with van der Waals surface area (Å²) >= 11 is 0. The molecule has 21 nitrogen and oxygen atoms in total. The lowest BCUT2D eigenvalue weighted by Gasteiger charge is -2.36. The van der Waals surface area contributed by atoms with E-state index < -0.39 is 53.3 Å². The molecule has 362 valence electrons. The Balaban J connectivity index is 1.00. The molecule has 23 heteroatoms. The van der Waals surface area contributed by atoms with Crippen LogP contribution >= 0.6 is 10.8 Å². The van der Waals surface area contributed by atoms with E-state index in [2.05, 4.69) is 37.7 Å². The van der Waals surface area contributed by atoms with Crippen LogP contribution in [0.1, 0.15) is 62.6 Å². The number of primary amides is 1. The van der Waals surface area contributed by atoms with E-state index in [1.54, 1.807) is 24.1 Å². The fourth-order valence-electron chi connectivity index (χ4n) is 7.26. The second-order valence-corrected chi connectivity index (χ2v) is 19.6. The maximum absolute atomic E-state index is 12.9. The molecular weight excluding hydrogens is 907 g/mol. The summed E-state index contributed by atoms with van der Waals surface area (Å²) in [6, 6.07) is 11.2. The number of para-hydroxylation sites is 1. The fourth-order valence-corrected chi connectivity index (χ4v) is 9.43. The number of carboxylic acids is 2. The maximum Gasteiger partial charge on any atom is 0.508 e. The number of rotatable bonds is 25. The molecule has 0 bridgehead atoms. The highest BCUT2D eigenvalue weighted by molar-refractivity contribution is 8.66. The van der Waals surface area contributed by atoms with Crippen LogP contribution in [0.4, 0.5) is 16.3 Å². The van der Waals surface area contributed by atoms with Gasteiger partial charge in [0.05, 0.1) is 33.6 Å². The molecule has 3 atom stereocenters. The van der Waals surface area contributed by atoms with Crippen molar-refractivity contribution in [2.75, 3.05) is 55.9 Å². The van der Waals surface area contributed by atoms with Crippen LogP contribution in [0.5, 0.6) is 0 Å². The summed E-state index contributed by atoms with van der Waals surface area (Å²) in [5.41, 5.74) is 20.4. The number of carbonyl (C=O) groups is 6. The first-order valence-corrected chi connectivity index (χ1v) is 24.3. The summed E-state index contributed by atoms with van der Waals surface area (Å²) in [5, 5.41) is 31.4. The van der Waals surface area contributed by atoms with Gasteiger partial charge in [0, 0.05) is 72.4 Å². The van der Waals surface area contributed by atoms with Crippen molar-refractivity contribution in [2.45, 2.75) is 77.5 Å². The molecule has 2 aromatic heterocycles. The van der Waals surface area contributed by atoms with Crippen LogP contribution < -0.4 is 38.5 Å². The molecule has 1 aliphatic rings. The average molecular weight is 967 g/mol. The first-order valence-electron chi connectivity index (χ1n) is 21.7. The number of aliphatic carboxylic acids is 2. The zero-order valence-corrected chi connectivity index (χ0v) is 39.6. The van der Waals surface area contributed by atoms with Gasteiger partial charge in [-0.25, -0.2) is 24.4 Å². The molecule has 0 aliphatic carbocycles. The number of ether oxygens (including phenoxy) is 2. The Morgan fingerprint density at radius 3 is 2.40 bits per heavy atom. The minimum absolute atomic E-state index is 0.000736. The molecule has 12 N–H and O–H groups in total. The molecule has 4 aromatic rings. The van der Waals surface area contributed by atoms with Gasteiger partial charge in [-0.05, 0) is 43.2 Å². The lowest BCUT2D eigenvalue weighted by molar-refractivity contribution is -0.142. The summed E-state index contributed by atoms with van der Waals surface area (Å²) in [6.07, 6.45) is 1.17. The highest BCUT2D eigenvalue weighted by Crippen LogP contribution is 2.32. The van der Waals surface area contributed by atoms with Crippen LogP contribution in [0.25, 0.3) is 21.9 Å². The van der Waals surface area contributed by atoms with Crippen molar-refractivity contribution in [2.24, 2.45) is 16.9 Å². The first kappa shape index (κ1) is 51.4. The summed E-state index contributed by atoms with van der Waals surface area (Å²) in [4.78, 5) is 85.1. The van der Waals surface area contributed by atoms with Gasteiger partial charge >= 0.3 is 18.1 Å². The highest BCUT2D eigenvalue weighted by atomic mass is 33.1. The van der Waals surface area contributed by atoms with Crippen molar-refractivity contribution in [3.05, 3.63) is 71.4 Å². The summed E-state index contributed by atoms with van der Waals surface area (Å²) in [6.45, 7) is 7.48. The SMILES string of the molecule is CCCCc1nc2c(N)nc3ccccc3c2n1CC(C)(C)COC(=O)OCCS[SH+]CC(NC(=O)CCC(NC(=O)c1ccc(NCC2CNC(N)=C(C(N)=O)N2C)cc1)C(=O)O)C(=O)O. The zero-order chi connectivity index (χ0) is 48.8. The number of nitrogens with two attached hydrogens (primary N) is 3. The van der Waals surface area contributed by atoms with Crippen LogP contribution in [0, 0.1) is 5.41 Å². The lowest BCUT2D eigenvalue weighted by Crippen LogP contribution is -2.53. The number of nitrogens with zero attached hydrogens (tertiary/aromatic N) is 4. The van der Waals surface area contributed by atoms with Crippen molar-refractivity contribution < 1.29 is 48.5 Å². The molecule has 2 aromatic carbocycles. The largest absolute Gasteiger partial charge is 0.508 e. The Kier molecular flexibility index (Phi) is 18.2. The third-order valence-corrected chi connectivity index (χ3v) is 13.4. The van der Waals surface area contributed by atoms with E-state index >= 15 is 0 Å². The number of anilines is 2. The molecule has 1 aliphatic heterocycles. The third kappa shape index (κ3) is 14.2. The standard InChI is InChI=1S/C44H59N11O10S2/c1-5-6-11-32-53-34-35(28-9-7-8-10-29(28)51-37(34)45)55(32)23-44(2,3)24-65-43(63)64-18-19-66-67-22-31(42(61)62)50-33(56)17-16-30(41(59)60)52-40(58)25-12-14-26(15-13-25)48-20-27-21-49-38(46)36(39(47)57)54(27)4/h7-10,12-15,27,30-31,48-49H,5-6,11,16-24,46H2,1-4H3,(H2,45,51)(H2,47,57)(H,50,56)(H,52,58)(H,59,60)(H,61,62)/p+1. The van der Waals surface area contributed by atoms with Crippen LogP contribution in [-0.4, -0.2) is 128 Å². The number of amides is 3. The van der Waals surface area contributed by atoms with Crippen LogP contribution in [0.15, 0.2) is 60.0 Å². The molecule has 0 saturated heterocycles. The van der Waals surface area contributed by atoms with Gasteiger partial charge in [-0.3, -0.25) is 14.4 Å². The lowest BCUT2D eigenvalue weighted by atomic mass is 9.94. The van der Waals surface area contributed by atoms with E-state index in [1.165, 1.54) is 22.9 Å². The van der Waals surface area contributed by atoms with Crippen LogP contribution in [0.3, 0.4) is 0 Å². The maximum atomic E-state index is 12.9. The smallest absolute Gasteiger partial charge is 0.480 e. The number of aromatic nitrogens is 3. The number of carboxylic acid groups (broad SMARTS) is 2. The number of thiol groups is 1. The van der Waals surface area contributed by atoms with Crippen LogP contribution in [-0.2, 0) is 52.4 Å². The number of fused-ring (bicyclic) bond motifs is 3. The topological polar surface area (TPSA) is 321 Å². The number of benzene rings is 2. The van der Waals surface area contributed by atoms with Crippen molar-refractivity contribution in [3.63, 3.8) is 0 Å². The Labute approximate surface area is 395 Å². The molecule has 0 fully saturated rings. The van der Waals surface area contributed by atoms with Crippen molar-refractivity contribution in [1.29, 1.82) is 0 Å². The second kappa shape index (κ2) is 23.7. The quantitative estimate of drug-likeness (QED) is 0.0151. The van der Waals surface area contributed by atoms with E-state index in [4.69, 9.17) is 31.7 Å². The van der Waals surface area contributed by atoms with E-state index in [0.29, 0.717) is 53.2 Å². The minimum atomic E-state index is -1.43. The van der Waals surface area contributed by atoms with E-state index in [0.717, 1.165) is 41.5 Å². The van der Waals surface area contributed by atoms with Gasteiger partial charge in [0.15, 0.2) is 11.9 Å². The number of nitrogens with one attached hydrogen (secondary N) is 4. The third-order valence-electron chi connectivity index (χ3n) is 10.9. The van der Waals surface area contributed by atoms with E-state index in [1.807, 2.05) is 38.1 Å². The summed E-state index contributed by atoms with van der Waals surface area (Å²) < 4.78 is 12.9. The van der Waals surface area contributed by atoms with Crippen LogP contribution in [0.2, 0.25) is 0 Å². The highest BCUT2D eigenvalue weighted by Gasteiger charge is 2.30. The number of hydrogen-bond donors (Lipinski definition) is 9. The van der Waals surface area contributed by atoms with Gasteiger partial charge in [0.2, 0.25) is 5.91 Å². The van der Waals surface area contributed by atoms with Crippen molar-refractivity contribution in [1.82, 2.24) is 35.4 Å². The number of likely N-dealkylation sites (N-methyl/N-ethyl adjacent to an activating group) is 1. The number of hydrogen-bond acceptors (Lipinski definition) is 16. The molecule has 0 spiro atoms. The molecule has 3 unspecified atom stereocenters. The summed E-state index contributed by atoms with van der Waals surface area (Å²) in [7, 11) is 3.58. The normalized spacial score (nSPS) is 14.8. The molecule has 67 heavy (non-hydrogen) atoms. The monoisotopic (exact) mass is 966 g/mol. The van der Waals surface area contributed by atoms with E-state index in [-0.39, 0.29) is 54.9 Å². The Morgan fingerprint density at radius 2 is 1.72 bits per heavy atom. The number of pyridine rings is 1. The molecule has 0 saturated carbocycles. The molecule has 3 amide bonds. The number of carbonyl (C=O) groups excluding carboxylic acids is 4. The number of nitrogen functional groups attached to an aromatic ring is 1. The van der Waals surface area contributed by atoms with Gasteiger partial charge in [0.1, 0.15) is 47.9 Å². The number of unbranched alkanes of at least 4 members (excludes halogenated alkanes) is 1. The van der Waals surface area contributed by atoms with Gasteiger partial charge in [0.25, 0.3) is 11.8 Å². The summed E-state index contributed by atoms with van der Waals surface area (Å²) in [5.74, 6) is -2.91.